The molecule has 1 amide bonds. The molecule has 2 nitrogen and oxygen atoms in total. The molecule has 0 saturated heterocycles. The van der Waals surface area contributed by atoms with E-state index < -0.39 is 0 Å². The van der Waals surface area contributed by atoms with Crippen LogP contribution in [0.25, 0.3) is 0 Å². The first-order valence-electron chi connectivity index (χ1n) is 5.17. The van der Waals surface area contributed by atoms with Crippen LogP contribution in [0.2, 0.25) is 0 Å². The fraction of sp³-hybridized carbons (Fsp3) is 0.417. The van der Waals surface area contributed by atoms with Gasteiger partial charge >= 0.3 is 0 Å². The molecular formula is C12H15ClFNO. The lowest BCUT2D eigenvalue weighted by molar-refractivity contribution is -0.124. The van der Waals surface area contributed by atoms with Crippen LogP contribution in [0.5, 0.6) is 0 Å². The minimum absolute atomic E-state index is 0.161. The predicted molar refractivity (Wildman–Crippen MR) is 62.8 cm³/mol. The molecule has 0 radical (unpaired) electrons. The van der Waals surface area contributed by atoms with Crippen LogP contribution in [-0.2, 0) is 4.79 Å². The summed E-state index contributed by atoms with van der Waals surface area (Å²) in [5.41, 5.74) is 0.484. The highest BCUT2D eigenvalue weighted by Gasteiger charge is 2.16. The van der Waals surface area contributed by atoms with Crippen molar-refractivity contribution < 1.29 is 9.18 Å². The van der Waals surface area contributed by atoms with Crippen molar-refractivity contribution in [3.8, 4) is 0 Å². The molecule has 1 N–H and O–H groups in total. The molecule has 0 fully saturated rings. The minimum atomic E-state index is -0.348. The average Bonchev–Trinajstić information content (AvgIpc) is 2.28. The van der Waals surface area contributed by atoms with Gasteiger partial charge in [-0.3, -0.25) is 4.79 Å². The van der Waals surface area contributed by atoms with E-state index in [-0.39, 0.29) is 29.6 Å². The first-order valence-corrected chi connectivity index (χ1v) is 5.70. The number of amides is 1. The van der Waals surface area contributed by atoms with Gasteiger partial charge in [0.1, 0.15) is 5.82 Å². The minimum Gasteiger partial charge on any atom is -0.349 e. The second-order valence-corrected chi connectivity index (χ2v) is 4.12. The summed E-state index contributed by atoms with van der Waals surface area (Å²) < 4.78 is 13.4. The molecule has 1 unspecified atom stereocenters. The zero-order valence-electron chi connectivity index (χ0n) is 9.34. The Kier molecular flexibility index (Phi) is 4.74. The number of nitrogens with one attached hydrogen (secondary N) is 1. The normalized spacial score (nSPS) is 14.2. The Bertz CT molecular complexity index is 370. The zero-order chi connectivity index (χ0) is 12.1. The fourth-order valence-electron chi connectivity index (χ4n) is 1.33. The lowest BCUT2D eigenvalue weighted by Gasteiger charge is -2.17. The average molecular weight is 244 g/mol. The summed E-state index contributed by atoms with van der Waals surface area (Å²) in [4.78, 5) is 11.6. The van der Waals surface area contributed by atoms with Crippen molar-refractivity contribution in [2.24, 2.45) is 5.92 Å². The van der Waals surface area contributed by atoms with Crippen LogP contribution < -0.4 is 5.32 Å². The van der Waals surface area contributed by atoms with E-state index in [4.69, 9.17) is 11.6 Å². The van der Waals surface area contributed by atoms with Crippen LogP contribution in [0.3, 0.4) is 0 Å². The number of carbonyl (C=O) groups is 1. The molecule has 0 aromatic heterocycles. The molecule has 0 saturated carbocycles. The van der Waals surface area contributed by atoms with Gasteiger partial charge in [-0.2, -0.15) is 0 Å². The van der Waals surface area contributed by atoms with E-state index in [1.54, 1.807) is 32.0 Å². The van der Waals surface area contributed by atoms with E-state index in [9.17, 15) is 9.18 Å². The van der Waals surface area contributed by atoms with Crippen molar-refractivity contribution in [2.75, 3.05) is 5.88 Å². The molecule has 16 heavy (non-hydrogen) atoms. The summed E-state index contributed by atoms with van der Waals surface area (Å²) in [6.07, 6.45) is 0. The highest BCUT2D eigenvalue weighted by molar-refractivity contribution is 6.19. The second kappa shape index (κ2) is 5.85. The summed E-state index contributed by atoms with van der Waals surface area (Å²) in [6.45, 7) is 3.48. The van der Waals surface area contributed by atoms with E-state index in [0.29, 0.717) is 5.56 Å². The van der Waals surface area contributed by atoms with E-state index in [2.05, 4.69) is 5.32 Å². The molecule has 4 heteroatoms. The van der Waals surface area contributed by atoms with E-state index in [1.807, 2.05) is 0 Å². The topological polar surface area (TPSA) is 29.1 Å². The molecule has 0 spiro atoms. The van der Waals surface area contributed by atoms with Gasteiger partial charge in [-0.25, -0.2) is 4.39 Å². The highest BCUT2D eigenvalue weighted by Crippen LogP contribution is 2.16. The van der Waals surface area contributed by atoms with Crippen LogP contribution in [-0.4, -0.2) is 11.8 Å². The summed E-state index contributed by atoms with van der Waals surface area (Å²) in [6, 6.07) is 6.05. The number of rotatable bonds is 4. The molecule has 0 bridgehead atoms. The van der Waals surface area contributed by atoms with Crippen LogP contribution in [0, 0.1) is 11.7 Å². The van der Waals surface area contributed by atoms with Gasteiger partial charge in [-0.05, 0) is 13.0 Å². The van der Waals surface area contributed by atoms with E-state index >= 15 is 0 Å². The largest absolute Gasteiger partial charge is 0.349 e. The van der Waals surface area contributed by atoms with E-state index in [0.717, 1.165) is 0 Å². The maximum Gasteiger partial charge on any atom is 0.224 e. The Balaban J connectivity index is 2.69. The Morgan fingerprint density at radius 1 is 1.44 bits per heavy atom. The number of hydrogen-bond donors (Lipinski definition) is 1. The summed E-state index contributed by atoms with van der Waals surface area (Å²) in [5, 5.41) is 2.72. The maximum absolute atomic E-state index is 13.4. The molecule has 1 aromatic rings. The van der Waals surface area contributed by atoms with Crippen molar-refractivity contribution in [3.05, 3.63) is 35.6 Å². The van der Waals surface area contributed by atoms with Crippen molar-refractivity contribution >= 4 is 17.5 Å². The quantitative estimate of drug-likeness (QED) is 0.810. The Morgan fingerprint density at radius 2 is 2.06 bits per heavy atom. The summed E-state index contributed by atoms with van der Waals surface area (Å²) in [5.74, 6) is -0.481. The number of hydrogen-bond acceptors (Lipinski definition) is 1. The maximum atomic E-state index is 13.4. The van der Waals surface area contributed by atoms with Crippen molar-refractivity contribution in [1.29, 1.82) is 0 Å². The van der Waals surface area contributed by atoms with E-state index in [1.165, 1.54) is 6.07 Å². The lowest BCUT2D eigenvalue weighted by atomic mass is 10.1. The molecule has 0 aliphatic heterocycles. The smallest absolute Gasteiger partial charge is 0.224 e. The Labute approximate surface area is 99.8 Å². The van der Waals surface area contributed by atoms with Gasteiger partial charge < -0.3 is 5.32 Å². The number of benzene rings is 1. The van der Waals surface area contributed by atoms with Gasteiger partial charge in [-0.1, -0.05) is 25.1 Å². The monoisotopic (exact) mass is 243 g/mol. The molecule has 2 atom stereocenters. The van der Waals surface area contributed by atoms with Gasteiger partial charge in [0, 0.05) is 17.4 Å². The summed E-state index contributed by atoms with van der Waals surface area (Å²) in [7, 11) is 0. The number of carbonyl (C=O) groups excluding carboxylic acids is 1. The van der Waals surface area contributed by atoms with Gasteiger partial charge in [0.15, 0.2) is 0 Å². The highest BCUT2D eigenvalue weighted by atomic mass is 35.5. The predicted octanol–water partition coefficient (Wildman–Crippen LogP) is 2.88. The van der Waals surface area contributed by atoms with Gasteiger partial charge in [-0.15, -0.1) is 11.6 Å². The molecule has 0 heterocycles. The molecule has 1 aromatic carbocycles. The van der Waals surface area contributed by atoms with Gasteiger partial charge in [0.2, 0.25) is 5.91 Å². The van der Waals surface area contributed by atoms with Gasteiger partial charge in [0.25, 0.3) is 0 Å². The SMILES string of the molecule is CC(CCl)C(=O)N[C@H](C)c1ccccc1F. The molecule has 0 aliphatic rings. The van der Waals surface area contributed by atoms with Crippen LogP contribution >= 0.6 is 11.6 Å². The zero-order valence-corrected chi connectivity index (χ0v) is 10.1. The van der Waals surface area contributed by atoms with Crippen molar-refractivity contribution in [2.45, 2.75) is 19.9 Å². The Morgan fingerprint density at radius 3 is 2.62 bits per heavy atom. The number of alkyl halides is 1. The third-order valence-electron chi connectivity index (χ3n) is 2.41. The Hall–Kier alpha value is -1.09. The van der Waals surface area contributed by atoms with Gasteiger partial charge in [0.05, 0.1) is 6.04 Å². The standard InChI is InChI=1S/C12H15ClFNO/c1-8(7-13)12(16)15-9(2)10-5-3-4-6-11(10)14/h3-6,8-9H,7H2,1-2H3,(H,15,16)/t8?,9-/m1/s1. The van der Waals surface area contributed by atoms with Crippen molar-refractivity contribution in [3.63, 3.8) is 0 Å². The molecule has 88 valence electrons. The van der Waals surface area contributed by atoms with Crippen LogP contribution in [0.15, 0.2) is 24.3 Å². The first-order chi connectivity index (χ1) is 7.56. The lowest BCUT2D eigenvalue weighted by Crippen LogP contribution is -2.32. The number of halogens is 2. The molecular weight excluding hydrogens is 229 g/mol. The third-order valence-corrected chi connectivity index (χ3v) is 2.87. The molecule has 0 aliphatic carbocycles. The van der Waals surface area contributed by atoms with Crippen molar-refractivity contribution in [1.82, 2.24) is 5.32 Å². The summed E-state index contributed by atoms with van der Waals surface area (Å²) >= 11 is 5.57. The second-order valence-electron chi connectivity index (χ2n) is 3.81. The van der Waals surface area contributed by atoms with Crippen LogP contribution in [0.1, 0.15) is 25.5 Å². The first kappa shape index (κ1) is 13.0. The molecule has 1 rings (SSSR count). The fourth-order valence-corrected chi connectivity index (χ4v) is 1.47. The third kappa shape index (κ3) is 3.20. The van der Waals surface area contributed by atoms with Crippen LogP contribution in [0.4, 0.5) is 4.39 Å².